The minimum Gasteiger partial charge on any atom is -0.503 e. The van der Waals surface area contributed by atoms with Crippen LogP contribution in [0.4, 0.5) is 0 Å². The summed E-state index contributed by atoms with van der Waals surface area (Å²) in [5.41, 5.74) is 19.4. The van der Waals surface area contributed by atoms with Crippen LogP contribution in [-0.4, -0.2) is 18.9 Å². The molecule has 0 aliphatic heterocycles. The molecule has 0 amide bonds. The smallest absolute Gasteiger partial charge is 0.503 e. The van der Waals surface area contributed by atoms with Gasteiger partial charge in [-0.2, -0.15) is 6.07 Å². The molecule has 0 saturated carbocycles. The number of benzene rings is 7. The number of imidazole rings is 1. The largest absolute Gasteiger partial charge is 2.00 e. The Morgan fingerprint density at radius 3 is 1.50 bits per heavy atom. The van der Waals surface area contributed by atoms with Gasteiger partial charge in [-0.15, -0.1) is 29.7 Å². The van der Waals surface area contributed by atoms with Gasteiger partial charge in [0.05, 0.1) is 11.3 Å². The average Bonchev–Trinajstić information content (AvgIpc) is 3.98. The van der Waals surface area contributed by atoms with Gasteiger partial charge in [0.2, 0.25) is 0 Å². The van der Waals surface area contributed by atoms with Gasteiger partial charge in [0.1, 0.15) is 5.82 Å². The van der Waals surface area contributed by atoms with E-state index in [1.165, 1.54) is 66.6 Å². The molecule has 6 heteroatoms. The van der Waals surface area contributed by atoms with Crippen LogP contribution >= 0.6 is 0 Å². The van der Waals surface area contributed by atoms with E-state index in [1.807, 2.05) is 30.5 Å². The van der Waals surface area contributed by atoms with Crippen LogP contribution in [0.2, 0.25) is 0 Å². The number of nitrogens with zero attached hydrogens (tertiary/aromatic N) is 4. The summed E-state index contributed by atoms with van der Waals surface area (Å²) in [6, 6.07) is 56.2. The molecule has 0 aliphatic carbocycles. The van der Waals surface area contributed by atoms with E-state index in [0.29, 0.717) is 35.2 Å². The van der Waals surface area contributed by atoms with Crippen LogP contribution in [0, 0.1) is 12.1 Å². The predicted octanol–water partition coefficient (Wildman–Crippen LogP) is 19.3. The average molecular weight is 1150 g/mol. The summed E-state index contributed by atoms with van der Waals surface area (Å²) in [4.78, 5) is 10.3. The third-order valence-electron chi connectivity index (χ3n) is 15.1. The second kappa shape index (κ2) is 20.1. The molecule has 11 aromatic rings. The fourth-order valence-electron chi connectivity index (χ4n) is 11.7. The molecular weight excluding hydrogens is 1080 g/mol. The van der Waals surface area contributed by atoms with Crippen molar-refractivity contribution in [2.24, 2.45) is 0 Å². The van der Waals surface area contributed by atoms with Crippen molar-refractivity contribution in [3.8, 4) is 50.8 Å². The molecule has 0 atom stereocenters. The Kier molecular flexibility index (Phi) is 13.8. The Bertz CT molecular complexity index is 3830. The normalized spacial score (nSPS) is 12.1. The molecule has 0 fully saturated rings. The molecule has 7 aromatic carbocycles. The van der Waals surface area contributed by atoms with E-state index in [4.69, 9.17) is 14.7 Å². The zero-order valence-corrected chi connectivity index (χ0v) is 47.1. The van der Waals surface area contributed by atoms with Gasteiger partial charge in [-0.25, -0.2) is 4.98 Å². The van der Waals surface area contributed by atoms with E-state index in [1.54, 1.807) is 0 Å². The van der Waals surface area contributed by atoms with Gasteiger partial charge in [-0.1, -0.05) is 196 Å². The first-order chi connectivity index (χ1) is 35.2. The van der Waals surface area contributed by atoms with E-state index in [-0.39, 0.29) is 32.9 Å². The van der Waals surface area contributed by atoms with Gasteiger partial charge < -0.3 is 13.7 Å². The van der Waals surface area contributed by atoms with E-state index < -0.39 is 0 Å². The van der Waals surface area contributed by atoms with Crippen LogP contribution < -0.4 is 4.74 Å². The zero-order valence-electron chi connectivity index (χ0n) is 44.8. The molecule has 0 aliphatic rings. The van der Waals surface area contributed by atoms with Crippen molar-refractivity contribution < 1.29 is 25.8 Å². The van der Waals surface area contributed by atoms with Crippen LogP contribution in [0.1, 0.15) is 152 Å². The van der Waals surface area contributed by atoms with Gasteiger partial charge in [-0.3, -0.25) is 4.98 Å². The summed E-state index contributed by atoms with van der Waals surface area (Å²) in [7, 11) is 0. The molecule has 0 bridgehead atoms. The van der Waals surface area contributed by atoms with Crippen LogP contribution in [0.25, 0.3) is 88.5 Å². The topological polar surface area (TPSA) is 44.3 Å². The number of para-hydroxylation sites is 1. The summed E-state index contributed by atoms with van der Waals surface area (Å²) in [5, 5.41) is 5.40. The summed E-state index contributed by atoms with van der Waals surface area (Å²) < 4.78 is 11.6. The summed E-state index contributed by atoms with van der Waals surface area (Å²) in [6.45, 7) is 27.9. The molecule has 4 heterocycles. The molecule has 74 heavy (non-hydrogen) atoms. The van der Waals surface area contributed by atoms with E-state index in [0.717, 1.165) is 55.3 Å². The number of aromatic nitrogens is 4. The van der Waals surface area contributed by atoms with Crippen molar-refractivity contribution >= 4 is 49.1 Å². The monoisotopic (exact) mass is 1150 g/mol. The number of hydrogen-bond acceptors (Lipinski definition) is 3. The zero-order chi connectivity index (χ0) is 51.0. The third kappa shape index (κ3) is 8.46. The van der Waals surface area contributed by atoms with Crippen molar-refractivity contribution in [2.45, 2.75) is 119 Å². The van der Waals surface area contributed by atoms with E-state index in [9.17, 15) is 0 Å². The van der Waals surface area contributed by atoms with E-state index >= 15 is 0 Å². The van der Waals surface area contributed by atoms with Gasteiger partial charge in [-0.05, 0) is 115 Å². The number of pyridine rings is 2. The van der Waals surface area contributed by atoms with Crippen LogP contribution in [-0.2, 0) is 21.1 Å². The van der Waals surface area contributed by atoms with Gasteiger partial charge in [0.25, 0.3) is 0 Å². The van der Waals surface area contributed by atoms with Gasteiger partial charge in [0.15, 0.2) is 0 Å². The minimum absolute atomic E-state index is 0. The summed E-state index contributed by atoms with van der Waals surface area (Å²) >= 11 is 0. The van der Waals surface area contributed by atoms with E-state index in [2.05, 4.69) is 220 Å². The quantitative estimate of drug-likeness (QED) is 0.0904. The van der Waals surface area contributed by atoms with Crippen LogP contribution in [0.3, 0.4) is 0 Å². The SMILES string of the molecule is CC(C)c1cccc(C(C)C)c1-c1ccc(-c2c(C(C)C)cccc2C(C)C)c2c1c1ccc(Oc3[c-]c4c(cc3)c3ccccc3n4-c3ccccn3)[c-]c1c1ncc(-c3c(C(C)C)cccc3C(C)C)n12.[Pt+2]. The Balaban J connectivity index is 0.00000626. The van der Waals surface area contributed by atoms with Crippen LogP contribution in [0.5, 0.6) is 11.5 Å². The Hall–Kier alpha value is -6.81. The Labute approximate surface area is 451 Å². The molecular formula is C68H66N4OPt. The van der Waals surface area contributed by atoms with Crippen molar-refractivity contribution in [1.29, 1.82) is 0 Å². The molecule has 374 valence electrons. The predicted molar refractivity (Wildman–Crippen MR) is 307 cm³/mol. The molecule has 0 radical (unpaired) electrons. The molecule has 5 nitrogen and oxygen atoms in total. The minimum atomic E-state index is 0. The standard InChI is InChI=1S/C68H66N4O.Pt/c1-39(2)47-21-17-22-48(40(3)4)63(47)56-33-34-57(64-49(41(5)6)23-18-24-50(64)42(7)8)67-66(56)55-32-30-45(36-58(55)68-70-38-61(72(67)68)65-51(43(9)10)25-19-26-52(65)44(11)12)73-46-29-31-54-53-20-13-14-27-59(53)71(60(54)37-46)62-28-15-16-35-69-62;/h13-35,38-44H,1-12H3;/q-2;+2. The fourth-order valence-corrected chi connectivity index (χ4v) is 11.7. The van der Waals surface area contributed by atoms with Gasteiger partial charge in [0, 0.05) is 46.1 Å². The van der Waals surface area contributed by atoms with Gasteiger partial charge >= 0.3 is 21.1 Å². The van der Waals surface area contributed by atoms with Crippen molar-refractivity contribution in [2.75, 3.05) is 0 Å². The maximum atomic E-state index is 6.95. The number of ether oxygens (including phenoxy) is 1. The Morgan fingerprint density at radius 2 is 0.946 bits per heavy atom. The molecule has 0 N–H and O–H groups in total. The summed E-state index contributed by atoms with van der Waals surface area (Å²) in [5.74, 6) is 3.73. The van der Waals surface area contributed by atoms with Crippen LogP contribution in [0.15, 0.2) is 146 Å². The first kappa shape index (κ1) is 50.7. The number of rotatable bonds is 12. The molecule has 0 saturated heterocycles. The fraction of sp³-hybridized carbons (Fsp3) is 0.265. The second-order valence-electron chi connectivity index (χ2n) is 21.9. The first-order valence-electron chi connectivity index (χ1n) is 26.5. The molecule has 0 unspecified atom stereocenters. The maximum Gasteiger partial charge on any atom is 2.00 e. The van der Waals surface area contributed by atoms with Crippen molar-refractivity contribution in [3.05, 3.63) is 191 Å². The third-order valence-corrected chi connectivity index (χ3v) is 15.1. The number of hydrogen-bond donors (Lipinski definition) is 0. The second-order valence-corrected chi connectivity index (χ2v) is 21.9. The Morgan fingerprint density at radius 1 is 0.446 bits per heavy atom. The molecule has 4 aromatic heterocycles. The van der Waals surface area contributed by atoms with Crippen molar-refractivity contribution in [3.63, 3.8) is 0 Å². The molecule has 0 spiro atoms. The summed E-state index contributed by atoms with van der Waals surface area (Å²) in [6.07, 6.45) is 3.97. The van der Waals surface area contributed by atoms with Crippen molar-refractivity contribution in [1.82, 2.24) is 18.9 Å². The number of fused-ring (bicyclic) bond motifs is 9. The first-order valence-corrected chi connectivity index (χ1v) is 26.5. The molecule has 11 rings (SSSR count). The maximum absolute atomic E-state index is 6.95.